The molecule has 2 unspecified atom stereocenters. The second kappa shape index (κ2) is 6.37. The molecule has 0 aliphatic rings. The third-order valence-electron chi connectivity index (χ3n) is 2.65. The van der Waals surface area contributed by atoms with E-state index < -0.39 is 18.1 Å². The van der Waals surface area contributed by atoms with Gasteiger partial charge in [0.05, 0.1) is 6.61 Å². The van der Waals surface area contributed by atoms with E-state index in [-0.39, 0.29) is 6.61 Å². The van der Waals surface area contributed by atoms with Crippen LogP contribution in [0.15, 0.2) is 24.3 Å². The molecule has 0 radical (unpaired) electrons. The highest BCUT2D eigenvalue weighted by molar-refractivity contribution is 5.76. The van der Waals surface area contributed by atoms with Crippen molar-refractivity contribution in [1.82, 2.24) is 0 Å². The van der Waals surface area contributed by atoms with Crippen LogP contribution in [0.5, 0.6) is 0 Å². The van der Waals surface area contributed by atoms with Crippen molar-refractivity contribution >= 4 is 5.97 Å². The Balaban J connectivity index is 2.88. The number of esters is 1. The molecular weight excluding hydrogens is 218 g/mol. The molecule has 4 heteroatoms. The number of carbonyl (C=O) groups excluding carboxylic acids is 1. The van der Waals surface area contributed by atoms with Crippen molar-refractivity contribution in [1.29, 1.82) is 0 Å². The quantitative estimate of drug-likeness (QED) is 0.754. The van der Waals surface area contributed by atoms with Crippen LogP contribution in [-0.4, -0.2) is 23.7 Å². The van der Waals surface area contributed by atoms with Crippen LogP contribution in [-0.2, 0) is 16.0 Å². The van der Waals surface area contributed by atoms with Gasteiger partial charge in [-0.3, -0.25) is 4.79 Å². The standard InChI is InChI=1S/C13H19NO3/c1-3-9-7-5-6-8-10(9)12(15)11(14)13(16)17-4-2/h5-8,11-12,15H,3-4,14H2,1-2H3. The first kappa shape index (κ1) is 13.7. The van der Waals surface area contributed by atoms with Gasteiger partial charge in [-0.05, 0) is 24.5 Å². The number of aliphatic hydroxyl groups excluding tert-OH is 1. The predicted molar refractivity (Wildman–Crippen MR) is 65.4 cm³/mol. The number of hydrogen-bond donors (Lipinski definition) is 2. The average molecular weight is 237 g/mol. The van der Waals surface area contributed by atoms with Crippen LogP contribution in [0, 0.1) is 0 Å². The average Bonchev–Trinajstić information content (AvgIpc) is 2.37. The highest BCUT2D eigenvalue weighted by Crippen LogP contribution is 2.21. The number of nitrogens with two attached hydrogens (primary N) is 1. The van der Waals surface area contributed by atoms with Gasteiger partial charge in [-0.1, -0.05) is 31.2 Å². The normalized spacial score (nSPS) is 14.1. The molecule has 1 rings (SSSR count). The largest absolute Gasteiger partial charge is 0.465 e. The van der Waals surface area contributed by atoms with Crippen LogP contribution in [0.25, 0.3) is 0 Å². The summed E-state index contributed by atoms with van der Waals surface area (Å²) in [5.41, 5.74) is 7.35. The lowest BCUT2D eigenvalue weighted by Crippen LogP contribution is -2.38. The number of aliphatic hydroxyl groups is 1. The van der Waals surface area contributed by atoms with Crippen LogP contribution >= 0.6 is 0 Å². The summed E-state index contributed by atoms with van der Waals surface area (Å²) in [6, 6.07) is 6.36. The topological polar surface area (TPSA) is 72.5 Å². The van der Waals surface area contributed by atoms with Crippen LogP contribution in [0.1, 0.15) is 31.1 Å². The third kappa shape index (κ3) is 3.28. The monoisotopic (exact) mass is 237 g/mol. The second-order valence-corrected chi connectivity index (χ2v) is 3.78. The summed E-state index contributed by atoms with van der Waals surface area (Å²) in [5, 5.41) is 10.1. The minimum absolute atomic E-state index is 0.259. The Labute approximate surface area is 101 Å². The first-order valence-corrected chi connectivity index (χ1v) is 5.79. The maximum Gasteiger partial charge on any atom is 0.325 e. The second-order valence-electron chi connectivity index (χ2n) is 3.78. The molecular formula is C13H19NO3. The highest BCUT2D eigenvalue weighted by atomic mass is 16.5. The Morgan fingerprint density at radius 3 is 2.65 bits per heavy atom. The molecule has 0 saturated heterocycles. The molecule has 0 saturated carbocycles. The smallest absolute Gasteiger partial charge is 0.325 e. The zero-order valence-electron chi connectivity index (χ0n) is 10.2. The SMILES string of the molecule is CCOC(=O)C(N)C(O)c1ccccc1CC. The van der Waals surface area contributed by atoms with E-state index in [1.165, 1.54) is 0 Å². The summed E-state index contributed by atoms with van der Waals surface area (Å²) in [6.07, 6.45) is -0.242. The molecule has 0 bridgehead atoms. The summed E-state index contributed by atoms with van der Waals surface area (Å²) in [5.74, 6) is -0.578. The van der Waals surface area contributed by atoms with Gasteiger partial charge in [0.2, 0.25) is 0 Å². The van der Waals surface area contributed by atoms with Gasteiger partial charge in [0, 0.05) is 0 Å². The third-order valence-corrected chi connectivity index (χ3v) is 2.65. The number of hydrogen-bond acceptors (Lipinski definition) is 4. The zero-order chi connectivity index (χ0) is 12.8. The Bertz CT molecular complexity index is 379. The van der Waals surface area contributed by atoms with Crippen molar-refractivity contribution in [2.75, 3.05) is 6.61 Å². The van der Waals surface area contributed by atoms with E-state index >= 15 is 0 Å². The van der Waals surface area contributed by atoms with Crippen molar-refractivity contribution in [3.8, 4) is 0 Å². The molecule has 0 aromatic heterocycles. The van der Waals surface area contributed by atoms with E-state index in [1.54, 1.807) is 13.0 Å². The molecule has 0 spiro atoms. The molecule has 4 nitrogen and oxygen atoms in total. The van der Waals surface area contributed by atoms with Crippen LogP contribution in [0.3, 0.4) is 0 Å². The summed E-state index contributed by atoms with van der Waals surface area (Å²) < 4.78 is 4.80. The fourth-order valence-corrected chi connectivity index (χ4v) is 1.71. The van der Waals surface area contributed by atoms with Gasteiger partial charge in [-0.2, -0.15) is 0 Å². The first-order valence-electron chi connectivity index (χ1n) is 5.79. The Kier molecular flexibility index (Phi) is 5.12. The maximum absolute atomic E-state index is 11.5. The number of rotatable bonds is 5. The fourth-order valence-electron chi connectivity index (χ4n) is 1.71. The van der Waals surface area contributed by atoms with Crippen LogP contribution < -0.4 is 5.73 Å². The first-order chi connectivity index (χ1) is 8.11. The minimum atomic E-state index is -1.04. The minimum Gasteiger partial charge on any atom is -0.465 e. The van der Waals surface area contributed by atoms with E-state index in [2.05, 4.69) is 0 Å². The van der Waals surface area contributed by atoms with E-state index in [1.807, 2.05) is 25.1 Å². The van der Waals surface area contributed by atoms with E-state index in [9.17, 15) is 9.90 Å². The van der Waals surface area contributed by atoms with Crippen LogP contribution in [0.4, 0.5) is 0 Å². The number of carbonyl (C=O) groups is 1. The fraction of sp³-hybridized carbons (Fsp3) is 0.462. The van der Waals surface area contributed by atoms with E-state index in [0.717, 1.165) is 12.0 Å². The number of ether oxygens (including phenoxy) is 1. The Hall–Kier alpha value is -1.39. The van der Waals surface area contributed by atoms with Crippen molar-refractivity contribution < 1.29 is 14.6 Å². The van der Waals surface area contributed by atoms with E-state index in [4.69, 9.17) is 10.5 Å². The Morgan fingerprint density at radius 1 is 1.41 bits per heavy atom. The molecule has 0 fully saturated rings. The highest BCUT2D eigenvalue weighted by Gasteiger charge is 2.26. The van der Waals surface area contributed by atoms with Gasteiger partial charge in [-0.15, -0.1) is 0 Å². The lowest BCUT2D eigenvalue weighted by molar-refractivity contribution is -0.147. The lowest BCUT2D eigenvalue weighted by Gasteiger charge is -2.19. The maximum atomic E-state index is 11.5. The van der Waals surface area contributed by atoms with Crippen molar-refractivity contribution in [2.45, 2.75) is 32.4 Å². The molecule has 1 aromatic rings. The van der Waals surface area contributed by atoms with Crippen molar-refractivity contribution in [3.05, 3.63) is 35.4 Å². The van der Waals surface area contributed by atoms with Crippen molar-refractivity contribution in [2.24, 2.45) is 5.73 Å². The molecule has 0 aliphatic carbocycles. The van der Waals surface area contributed by atoms with Crippen molar-refractivity contribution in [3.63, 3.8) is 0 Å². The van der Waals surface area contributed by atoms with Gasteiger partial charge in [0.25, 0.3) is 0 Å². The molecule has 0 aliphatic heterocycles. The molecule has 2 atom stereocenters. The van der Waals surface area contributed by atoms with Crippen LogP contribution in [0.2, 0.25) is 0 Å². The Morgan fingerprint density at radius 2 is 2.06 bits per heavy atom. The number of aryl methyl sites for hydroxylation is 1. The molecule has 17 heavy (non-hydrogen) atoms. The summed E-state index contributed by atoms with van der Waals surface area (Å²) in [7, 11) is 0. The van der Waals surface area contributed by atoms with Gasteiger partial charge in [0.15, 0.2) is 0 Å². The molecule has 94 valence electrons. The summed E-state index contributed by atoms with van der Waals surface area (Å²) >= 11 is 0. The summed E-state index contributed by atoms with van der Waals surface area (Å²) in [4.78, 5) is 11.5. The predicted octanol–water partition coefficient (Wildman–Crippen LogP) is 1.17. The zero-order valence-corrected chi connectivity index (χ0v) is 10.2. The van der Waals surface area contributed by atoms with Gasteiger partial charge >= 0.3 is 5.97 Å². The lowest BCUT2D eigenvalue weighted by atomic mass is 9.96. The summed E-state index contributed by atoms with van der Waals surface area (Å²) in [6.45, 7) is 3.95. The molecule has 0 amide bonds. The molecule has 0 heterocycles. The van der Waals surface area contributed by atoms with Gasteiger partial charge in [-0.25, -0.2) is 0 Å². The molecule has 1 aromatic carbocycles. The van der Waals surface area contributed by atoms with Gasteiger partial charge < -0.3 is 15.6 Å². The van der Waals surface area contributed by atoms with Gasteiger partial charge in [0.1, 0.15) is 12.1 Å². The van der Waals surface area contributed by atoms with E-state index in [0.29, 0.717) is 5.56 Å². The molecule has 3 N–H and O–H groups in total. The number of benzene rings is 1.